The lowest BCUT2D eigenvalue weighted by atomic mass is 9.99. The Bertz CT molecular complexity index is 584. The summed E-state index contributed by atoms with van der Waals surface area (Å²) in [7, 11) is 1.56. The zero-order valence-electron chi connectivity index (χ0n) is 12.7. The van der Waals surface area contributed by atoms with E-state index in [0.717, 1.165) is 17.8 Å². The van der Waals surface area contributed by atoms with Crippen molar-refractivity contribution >= 4 is 0 Å². The number of nitrogens with zero attached hydrogens (tertiary/aromatic N) is 1. The summed E-state index contributed by atoms with van der Waals surface area (Å²) in [6.45, 7) is 4.75. The number of pyridine rings is 1. The number of rotatable bonds is 6. The summed E-state index contributed by atoms with van der Waals surface area (Å²) in [5.74, 6) is 0.306. The number of aryl methyl sites for hydroxylation is 1. The molecule has 0 amide bonds. The van der Waals surface area contributed by atoms with Gasteiger partial charge in [-0.05, 0) is 37.2 Å². The highest BCUT2D eigenvalue weighted by molar-refractivity contribution is 5.38. The molecule has 1 aromatic heterocycles. The van der Waals surface area contributed by atoms with Gasteiger partial charge in [-0.2, -0.15) is 0 Å². The van der Waals surface area contributed by atoms with E-state index in [4.69, 9.17) is 4.74 Å². The van der Waals surface area contributed by atoms with Crippen molar-refractivity contribution in [1.82, 2.24) is 10.3 Å². The molecule has 0 saturated carbocycles. The van der Waals surface area contributed by atoms with E-state index in [1.807, 2.05) is 32.2 Å². The average molecular weight is 288 g/mol. The van der Waals surface area contributed by atoms with Gasteiger partial charge in [-0.25, -0.2) is 4.39 Å². The number of likely N-dealkylation sites (N-methyl/N-ethyl adjacent to an activating group) is 1. The number of methoxy groups -OCH3 is 1. The van der Waals surface area contributed by atoms with Crippen molar-refractivity contribution in [3.8, 4) is 5.75 Å². The summed E-state index contributed by atoms with van der Waals surface area (Å²) in [5.41, 5.74) is 2.60. The average Bonchev–Trinajstić information content (AvgIpc) is 2.49. The van der Waals surface area contributed by atoms with Crippen molar-refractivity contribution in [3.05, 3.63) is 59.2 Å². The normalized spacial score (nSPS) is 12.2. The van der Waals surface area contributed by atoms with Crippen molar-refractivity contribution in [1.29, 1.82) is 0 Å². The number of ether oxygens (including phenoxy) is 1. The van der Waals surface area contributed by atoms with Crippen LogP contribution in [0.1, 0.15) is 29.8 Å². The van der Waals surface area contributed by atoms with Gasteiger partial charge in [-0.15, -0.1) is 0 Å². The van der Waals surface area contributed by atoms with Gasteiger partial charge in [0.2, 0.25) is 0 Å². The predicted octanol–water partition coefficient (Wildman–Crippen LogP) is 3.43. The molecule has 0 spiro atoms. The Morgan fingerprint density at radius 3 is 2.71 bits per heavy atom. The molecule has 4 heteroatoms. The zero-order chi connectivity index (χ0) is 15.2. The monoisotopic (exact) mass is 288 g/mol. The highest BCUT2D eigenvalue weighted by Gasteiger charge is 2.20. The van der Waals surface area contributed by atoms with Crippen molar-refractivity contribution in [2.24, 2.45) is 0 Å². The van der Waals surface area contributed by atoms with Crippen LogP contribution in [0, 0.1) is 12.7 Å². The summed E-state index contributed by atoms with van der Waals surface area (Å²) in [5, 5.41) is 3.32. The van der Waals surface area contributed by atoms with Gasteiger partial charge in [0.25, 0.3) is 0 Å². The Kier molecular flexibility index (Phi) is 5.28. The van der Waals surface area contributed by atoms with Gasteiger partial charge in [0, 0.05) is 29.9 Å². The fourth-order valence-electron chi connectivity index (χ4n) is 2.38. The van der Waals surface area contributed by atoms with E-state index in [-0.39, 0.29) is 11.9 Å². The molecule has 2 aromatic rings. The van der Waals surface area contributed by atoms with Crippen LogP contribution >= 0.6 is 0 Å². The van der Waals surface area contributed by atoms with E-state index < -0.39 is 0 Å². The molecule has 0 aliphatic rings. The van der Waals surface area contributed by atoms with Crippen LogP contribution in [0.15, 0.2) is 36.5 Å². The lowest BCUT2D eigenvalue weighted by molar-refractivity contribution is 0.390. The van der Waals surface area contributed by atoms with Crippen LogP contribution in [0.5, 0.6) is 5.75 Å². The highest BCUT2D eigenvalue weighted by atomic mass is 19.1. The van der Waals surface area contributed by atoms with Gasteiger partial charge in [0.15, 0.2) is 0 Å². The molecule has 1 heterocycles. The summed E-state index contributed by atoms with van der Waals surface area (Å²) >= 11 is 0. The molecule has 1 unspecified atom stereocenters. The van der Waals surface area contributed by atoms with Gasteiger partial charge < -0.3 is 10.1 Å². The third kappa shape index (κ3) is 3.79. The van der Waals surface area contributed by atoms with Crippen LogP contribution in [0.3, 0.4) is 0 Å². The molecule has 21 heavy (non-hydrogen) atoms. The zero-order valence-corrected chi connectivity index (χ0v) is 12.7. The van der Waals surface area contributed by atoms with Crippen molar-refractivity contribution in [2.75, 3.05) is 13.7 Å². The highest BCUT2D eigenvalue weighted by Crippen LogP contribution is 2.29. The van der Waals surface area contributed by atoms with Crippen LogP contribution in [0.4, 0.5) is 4.39 Å². The van der Waals surface area contributed by atoms with E-state index in [9.17, 15) is 4.39 Å². The van der Waals surface area contributed by atoms with Gasteiger partial charge in [-0.3, -0.25) is 4.98 Å². The fraction of sp³-hybridized carbons (Fsp3) is 0.353. The molecule has 1 atom stereocenters. The SMILES string of the molecule is CCNC(Cc1ccc(C)cn1)c1c(F)cccc1OC. The Balaban J connectivity index is 2.32. The van der Waals surface area contributed by atoms with E-state index in [1.165, 1.54) is 6.07 Å². The second-order valence-corrected chi connectivity index (χ2v) is 5.00. The largest absolute Gasteiger partial charge is 0.496 e. The van der Waals surface area contributed by atoms with Gasteiger partial charge in [0.05, 0.1) is 7.11 Å². The predicted molar refractivity (Wildman–Crippen MR) is 82.0 cm³/mol. The van der Waals surface area contributed by atoms with E-state index >= 15 is 0 Å². The first-order valence-electron chi connectivity index (χ1n) is 7.13. The Hall–Kier alpha value is -1.94. The maximum absolute atomic E-state index is 14.2. The molecule has 0 fully saturated rings. The third-order valence-electron chi connectivity index (χ3n) is 3.42. The number of hydrogen-bond acceptors (Lipinski definition) is 3. The van der Waals surface area contributed by atoms with Gasteiger partial charge in [0.1, 0.15) is 11.6 Å². The Morgan fingerprint density at radius 1 is 1.29 bits per heavy atom. The Morgan fingerprint density at radius 2 is 2.10 bits per heavy atom. The molecular formula is C17H21FN2O. The third-order valence-corrected chi connectivity index (χ3v) is 3.42. The van der Waals surface area contributed by atoms with Crippen molar-refractivity contribution in [3.63, 3.8) is 0 Å². The molecule has 0 bridgehead atoms. The van der Waals surface area contributed by atoms with Crippen molar-refractivity contribution in [2.45, 2.75) is 26.3 Å². The molecule has 112 valence electrons. The number of benzene rings is 1. The first-order valence-corrected chi connectivity index (χ1v) is 7.13. The van der Waals surface area contributed by atoms with E-state index in [0.29, 0.717) is 17.7 Å². The first kappa shape index (κ1) is 15.4. The quantitative estimate of drug-likeness (QED) is 0.884. The minimum Gasteiger partial charge on any atom is -0.496 e. The molecule has 2 rings (SSSR count). The molecular weight excluding hydrogens is 267 g/mol. The van der Waals surface area contributed by atoms with Gasteiger partial charge >= 0.3 is 0 Å². The number of hydrogen-bond donors (Lipinski definition) is 1. The molecule has 1 N–H and O–H groups in total. The van der Waals surface area contributed by atoms with E-state index in [2.05, 4.69) is 10.3 Å². The lowest BCUT2D eigenvalue weighted by Crippen LogP contribution is -2.25. The van der Waals surface area contributed by atoms with Crippen LogP contribution in [0.25, 0.3) is 0 Å². The summed E-state index contributed by atoms with van der Waals surface area (Å²) in [4.78, 5) is 4.41. The van der Waals surface area contributed by atoms with Crippen LogP contribution < -0.4 is 10.1 Å². The summed E-state index contributed by atoms with van der Waals surface area (Å²) < 4.78 is 19.5. The molecule has 0 radical (unpaired) electrons. The second kappa shape index (κ2) is 7.18. The first-order chi connectivity index (χ1) is 10.2. The fourth-order valence-corrected chi connectivity index (χ4v) is 2.38. The van der Waals surface area contributed by atoms with Crippen LogP contribution in [-0.4, -0.2) is 18.6 Å². The summed E-state index contributed by atoms with van der Waals surface area (Å²) in [6.07, 6.45) is 2.45. The number of aromatic nitrogens is 1. The maximum Gasteiger partial charge on any atom is 0.131 e. The minimum absolute atomic E-state index is 0.165. The van der Waals surface area contributed by atoms with E-state index in [1.54, 1.807) is 19.2 Å². The molecule has 3 nitrogen and oxygen atoms in total. The summed E-state index contributed by atoms with van der Waals surface area (Å²) in [6, 6.07) is 8.74. The Labute approximate surface area is 125 Å². The van der Waals surface area contributed by atoms with Crippen molar-refractivity contribution < 1.29 is 9.13 Å². The van der Waals surface area contributed by atoms with Gasteiger partial charge in [-0.1, -0.05) is 19.1 Å². The number of nitrogens with one attached hydrogen (secondary N) is 1. The molecule has 1 aromatic carbocycles. The maximum atomic E-state index is 14.2. The molecule has 0 aliphatic carbocycles. The lowest BCUT2D eigenvalue weighted by Gasteiger charge is -2.21. The molecule has 0 saturated heterocycles. The topological polar surface area (TPSA) is 34.2 Å². The second-order valence-electron chi connectivity index (χ2n) is 5.00. The van der Waals surface area contributed by atoms with Crippen LogP contribution in [-0.2, 0) is 6.42 Å². The standard InChI is InChI=1S/C17H21FN2O/c1-4-19-15(10-13-9-8-12(2)11-20-13)17-14(18)6-5-7-16(17)21-3/h5-9,11,15,19H,4,10H2,1-3H3. The minimum atomic E-state index is -0.257. The smallest absolute Gasteiger partial charge is 0.131 e. The molecule has 0 aliphatic heterocycles. The number of halogens is 1. The van der Waals surface area contributed by atoms with Crippen LogP contribution in [0.2, 0.25) is 0 Å².